The fourth-order valence-corrected chi connectivity index (χ4v) is 4.15. The van der Waals surface area contributed by atoms with Gasteiger partial charge in [-0.25, -0.2) is 0 Å². The Hall–Kier alpha value is -1.50. The van der Waals surface area contributed by atoms with Gasteiger partial charge in [0.25, 0.3) is 0 Å². The second-order valence-corrected chi connectivity index (χ2v) is 7.25. The number of fused-ring (bicyclic) bond motifs is 1. The molecule has 6 nitrogen and oxygen atoms in total. The van der Waals surface area contributed by atoms with Crippen molar-refractivity contribution in [2.75, 3.05) is 52.5 Å². The third-order valence-corrected chi connectivity index (χ3v) is 5.48. The molecule has 1 unspecified atom stereocenters. The zero-order chi connectivity index (χ0) is 17.2. The molecule has 0 saturated carbocycles. The van der Waals surface area contributed by atoms with Gasteiger partial charge in [-0.05, 0) is 24.1 Å². The number of hydrogen-bond acceptors (Lipinski definition) is 5. The van der Waals surface area contributed by atoms with Gasteiger partial charge in [-0.1, -0.05) is 11.6 Å². The van der Waals surface area contributed by atoms with Crippen molar-refractivity contribution in [2.24, 2.45) is 0 Å². The van der Waals surface area contributed by atoms with E-state index in [0.29, 0.717) is 42.2 Å². The summed E-state index contributed by atoms with van der Waals surface area (Å²) in [7, 11) is 0. The molecule has 0 aliphatic carbocycles. The zero-order valence-corrected chi connectivity index (χ0v) is 15.1. The maximum atomic E-state index is 12.7. The second-order valence-electron chi connectivity index (χ2n) is 6.85. The molecule has 136 valence electrons. The summed E-state index contributed by atoms with van der Waals surface area (Å²) in [6.07, 6.45) is 1.41. The van der Waals surface area contributed by atoms with E-state index in [1.54, 1.807) is 0 Å². The van der Waals surface area contributed by atoms with Crippen molar-refractivity contribution in [1.82, 2.24) is 15.1 Å². The minimum Gasteiger partial charge on any atom is -0.486 e. The summed E-state index contributed by atoms with van der Waals surface area (Å²) in [5.41, 5.74) is 0.880. The smallest absolute Gasteiger partial charge is 0.227 e. The number of piperazine rings is 1. The molecule has 1 aromatic carbocycles. The maximum Gasteiger partial charge on any atom is 0.227 e. The van der Waals surface area contributed by atoms with Crippen molar-refractivity contribution in [3.05, 3.63) is 22.7 Å². The quantitative estimate of drug-likeness (QED) is 0.871. The number of hydrogen-bond donors (Lipinski definition) is 1. The molecule has 0 spiro atoms. The number of halogens is 1. The number of amides is 1. The van der Waals surface area contributed by atoms with Crippen LogP contribution in [0.3, 0.4) is 0 Å². The Morgan fingerprint density at radius 1 is 1.20 bits per heavy atom. The van der Waals surface area contributed by atoms with Crippen LogP contribution in [0.15, 0.2) is 12.1 Å². The summed E-state index contributed by atoms with van der Waals surface area (Å²) in [5.74, 6) is 1.39. The molecule has 7 heteroatoms. The van der Waals surface area contributed by atoms with Gasteiger partial charge in [0.15, 0.2) is 11.5 Å². The highest BCUT2D eigenvalue weighted by molar-refractivity contribution is 6.32. The number of benzene rings is 1. The van der Waals surface area contributed by atoms with Crippen LogP contribution in [0.1, 0.15) is 12.0 Å². The Morgan fingerprint density at radius 3 is 2.84 bits per heavy atom. The van der Waals surface area contributed by atoms with Gasteiger partial charge in [0.1, 0.15) is 13.2 Å². The minimum absolute atomic E-state index is 0.158. The predicted molar refractivity (Wildman–Crippen MR) is 95.6 cm³/mol. The summed E-state index contributed by atoms with van der Waals surface area (Å²) < 4.78 is 11.1. The summed E-state index contributed by atoms with van der Waals surface area (Å²) in [6, 6.07) is 4.19. The molecule has 1 N–H and O–H groups in total. The first-order valence-electron chi connectivity index (χ1n) is 9.01. The number of ether oxygens (including phenoxy) is 2. The van der Waals surface area contributed by atoms with Gasteiger partial charge in [0.05, 0.1) is 11.4 Å². The summed E-state index contributed by atoms with van der Waals surface area (Å²) in [6.45, 7) is 6.92. The molecule has 2 saturated heterocycles. The lowest BCUT2D eigenvalue weighted by Crippen LogP contribution is -2.49. The lowest BCUT2D eigenvalue weighted by molar-refractivity contribution is -0.129. The Balaban J connectivity index is 1.38. The molecular weight excluding hydrogens is 342 g/mol. The van der Waals surface area contributed by atoms with Crippen molar-refractivity contribution in [2.45, 2.75) is 18.9 Å². The highest BCUT2D eigenvalue weighted by atomic mass is 35.5. The van der Waals surface area contributed by atoms with Crippen molar-refractivity contribution in [3.63, 3.8) is 0 Å². The Kier molecular flexibility index (Phi) is 5.01. The van der Waals surface area contributed by atoms with Crippen LogP contribution in [-0.2, 0) is 11.2 Å². The Morgan fingerprint density at radius 2 is 2.00 bits per heavy atom. The number of likely N-dealkylation sites (tertiary alicyclic amines) is 1. The van der Waals surface area contributed by atoms with E-state index < -0.39 is 0 Å². The molecule has 1 atom stereocenters. The number of rotatable bonds is 3. The lowest BCUT2D eigenvalue weighted by Gasteiger charge is -2.32. The predicted octanol–water partition coefficient (Wildman–Crippen LogP) is 1.16. The van der Waals surface area contributed by atoms with Crippen LogP contribution in [0.25, 0.3) is 0 Å². The third kappa shape index (κ3) is 3.71. The van der Waals surface area contributed by atoms with Crippen molar-refractivity contribution >= 4 is 17.5 Å². The number of carbonyl (C=O) groups is 1. The Labute approximate surface area is 153 Å². The highest BCUT2D eigenvalue weighted by Crippen LogP contribution is 2.38. The summed E-state index contributed by atoms with van der Waals surface area (Å²) in [4.78, 5) is 17.2. The van der Waals surface area contributed by atoms with E-state index >= 15 is 0 Å². The molecule has 4 rings (SSSR count). The first-order chi connectivity index (χ1) is 12.2. The first-order valence-corrected chi connectivity index (χ1v) is 9.39. The lowest BCUT2D eigenvalue weighted by atomic mass is 10.1. The molecule has 3 aliphatic rings. The van der Waals surface area contributed by atoms with Crippen LogP contribution >= 0.6 is 11.6 Å². The third-order valence-electron chi connectivity index (χ3n) is 5.20. The van der Waals surface area contributed by atoms with Gasteiger partial charge in [-0.15, -0.1) is 0 Å². The van der Waals surface area contributed by atoms with Crippen LogP contribution in [0.2, 0.25) is 5.02 Å². The Bertz CT molecular complexity index is 649. The molecule has 1 amide bonds. The molecule has 1 aromatic rings. The number of nitrogens with zero attached hydrogens (tertiary/aromatic N) is 2. The maximum absolute atomic E-state index is 12.7. The molecule has 0 radical (unpaired) electrons. The van der Waals surface area contributed by atoms with Gasteiger partial charge in [0, 0.05) is 45.3 Å². The molecule has 0 bridgehead atoms. The minimum atomic E-state index is 0.158. The monoisotopic (exact) mass is 365 g/mol. The van der Waals surface area contributed by atoms with Crippen LogP contribution < -0.4 is 14.8 Å². The van der Waals surface area contributed by atoms with Crippen LogP contribution in [0.4, 0.5) is 0 Å². The first kappa shape index (κ1) is 16.9. The van der Waals surface area contributed by atoms with E-state index in [4.69, 9.17) is 21.1 Å². The molecule has 3 aliphatic heterocycles. The highest BCUT2D eigenvalue weighted by Gasteiger charge is 2.31. The number of carbonyl (C=O) groups excluding carboxylic acids is 1. The van der Waals surface area contributed by atoms with Crippen molar-refractivity contribution in [3.8, 4) is 11.5 Å². The standard InChI is InChI=1S/C18H24ClN3O3/c19-15-9-13(10-16-18(15)25-8-7-24-16)11-17(23)22-4-1-14(12-22)21-5-2-20-3-6-21/h9-10,14,20H,1-8,11-12H2. The molecular formula is C18H24ClN3O3. The summed E-state index contributed by atoms with van der Waals surface area (Å²) >= 11 is 6.27. The average Bonchev–Trinajstić information content (AvgIpc) is 3.13. The van der Waals surface area contributed by atoms with E-state index in [2.05, 4.69) is 10.2 Å². The van der Waals surface area contributed by atoms with Gasteiger partial charge in [-0.3, -0.25) is 9.69 Å². The topological polar surface area (TPSA) is 54.0 Å². The molecule has 25 heavy (non-hydrogen) atoms. The van der Waals surface area contributed by atoms with Gasteiger partial charge in [-0.2, -0.15) is 0 Å². The van der Waals surface area contributed by atoms with E-state index in [1.165, 1.54) is 0 Å². The largest absolute Gasteiger partial charge is 0.486 e. The fraction of sp³-hybridized carbons (Fsp3) is 0.611. The van der Waals surface area contributed by atoms with Gasteiger partial charge < -0.3 is 19.7 Å². The molecule has 0 aromatic heterocycles. The average molecular weight is 366 g/mol. The van der Waals surface area contributed by atoms with Crippen LogP contribution in [-0.4, -0.2) is 74.2 Å². The second kappa shape index (κ2) is 7.40. The van der Waals surface area contributed by atoms with E-state index in [1.807, 2.05) is 17.0 Å². The van der Waals surface area contributed by atoms with Crippen LogP contribution in [0.5, 0.6) is 11.5 Å². The van der Waals surface area contributed by atoms with Crippen LogP contribution in [0, 0.1) is 0 Å². The van der Waals surface area contributed by atoms with E-state index in [-0.39, 0.29) is 5.91 Å². The number of nitrogens with one attached hydrogen (secondary N) is 1. The van der Waals surface area contributed by atoms with Crippen molar-refractivity contribution in [1.29, 1.82) is 0 Å². The van der Waals surface area contributed by atoms with Gasteiger partial charge >= 0.3 is 0 Å². The van der Waals surface area contributed by atoms with Gasteiger partial charge in [0.2, 0.25) is 5.91 Å². The van der Waals surface area contributed by atoms with E-state index in [0.717, 1.165) is 51.3 Å². The van der Waals surface area contributed by atoms with Crippen molar-refractivity contribution < 1.29 is 14.3 Å². The zero-order valence-electron chi connectivity index (χ0n) is 14.3. The molecule has 2 fully saturated rings. The normalized spacial score (nSPS) is 23.7. The van der Waals surface area contributed by atoms with E-state index in [9.17, 15) is 4.79 Å². The SMILES string of the molecule is O=C(Cc1cc(Cl)c2c(c1)OCCO2)N1CCC(N2CCNCC2)C1. The summed E-state index contributed by atoms with van der Waals surface area (Å²) in [5, 5.41) is 3.89. The fourth-order valence-electron chi connectivity index (χ4n) is 3.87. The molecule has 3 heterocycles.